The van der Waals surface area contributed by atoms with Crippen molar-refractivity contribution in [2.75, 3.05) is 32.9 Å². The molecule has 2 heterocycles. The number of halogens is 4. The fourth-order valence-electron chi connectivity index (χ4n) is 2.95. The van der Waals surface area contributed by atoms with Crippen LogP contribution in [0.5, 0.6) is 5.75 Å². The summed E-state index contributed by atoms with van der Waals surface area (Å²) in [5.74, 6) is 2.19. The Hall–Kier alpha value is -1.95. The normalized spacial score (nSPS) is 16.6. The van der Waals surface area contributed by atoms with Gasteiger partial charge < -0.3 is 24.5 Å². The molecule has 2 aromatic rings. The lowest BCUT2D eigenvalue weighted by Crippen LogP contribution is -2.40. The van der Waals surface area contributed by atoms with Crippen LogP contribution in [-0.2, 0) is 17.7 Å². The third-order valence-corrected chi connectivity index (χ3v) is 4.57. The third-order valence-electron chi connectivity index (χ3n) is 4.57. The van der Waals surface area contributed by atoms with Gasteiger partial charge in [-0.3, -0.25) is 0 Å². The lowest BCUT2D eigenvalue weighted by atomic mass is 10.1. The van der Waals surface area contributed by atoms with Crippen LogP contribution in [-0.4, -0.2) is 45.0 Å². The van der Waals surface area contributed by atoms with E-state index in [1.165, 1.54) is 12.1 Å². The van der Waals surface area contributed by atoms with Crippen molar-refractivity contribution in [3.63, 3.8) is 0 Å². The number of benzene rings is 1. The first-order chi connectivity index (χ1) is 14.5. The van der Waals surface area contributed by atoms with Crippen LogP contribution in [0.2, 0.25) is 0 Å². The first kappa shape index (κ1) is 25.3. The summed E-state index contributed by atoms with van der Waals surface area (Å²) in [5.41, 5.74) is 0.866. The van der Waals surface area contributed by atoms with E-state index in [4.69, 9.17) is 13.9 Å². The molecular formula is C21H27F3IN3O3. The lowest BCUT2D eigenvalue weighted by Gasteiger charge is -2.15. The van der Waals surface area contributed by atoms with Gasteiger partial charge in [0.2, 0.25) is 0 Å². The van der Waals surface area contributed by atoms with Crippen molar-refractivity contribution in [1.29, 1.82) is 0 Å². The number of nitrogens with zero attached hydrogens (tertiary/aromatic N) is 1. The van der Waals surface area contributed by atoms with Crippen molar-refractivity contribution in [2.24, 2.45) is 10.9 Å². The van der Waals surface area contributed by atoms with Gasteiger partial charge in [0, 0.05) is 32.0 Å². The van der Waals surface area contributed by atoms with Gasteiger partial charge in [0.05, 0.1) is 19.4 Å². The number of hydrogen-bond donors (Lipinski definition) is 2. The number of alkyl halides is 3. The van der Waals surface area contributed by atoms with Gasteiger partial charge in [-0.1, -0.05) is 12.1 Å². The first-order valence-electron chi connectivity index (χ1n) is 9.89. The minimum Gasteiger partial charge on any atom is -0.484 e. The molecule has 1 unspecified atom stereocenters. The van der Waals surface area contributed by atoms with Gasteiger partial charge in [-0.15, -0.1) is 24.0 Å². The number of rotatable bonds is 9. The second kappa shape index (κ2) is 12.8. The van der Waals surface area contributed by atoms with E-state index in [1.54, 1.807) is 18.4 Å². The number of guanidine groups is 1. The van der Waals surface area contributed by atoms with Crippen molar-refractivity contribution in [3.05, 3.63) is 54.0 Å². The predicted octanol–water partition coefficient (Wildman–Crippen LogP) is 4.15. The van der Waals surface area contributed by atoms with Crippen LogP contribution in [0.25, 0.3) is 0 Å². The monoisotopic (exact) mass is 553 g/mol. The van der Waals surface area contributed by atoms with Gasteiger partial charge in [-0.05, 0) is 36.2 Å². The summed E-state index contributed by atoms with van der Waals surface area (Å²) in [7, 11) is 0. The molecule has 6 nitrogen and oxygen atoms in total. The molecule has 0 saturated carbocycles. The zero-order valence-corrected chi connectivity index (χ0v) is 19.3. The summed E-state index contributed by atoms with van der Waals surface area (Å²) in [6, 6.07) is 10.2. The zero-order valence-electron chi connectivity index (χ0n) is 17.0. The van der Waals surface area contributed by atoms with Crippen molar-refractivity contribution >= 4 is 29.9 Å². The predicted molar refractivity (Wildman–Crippen MR) is 122 cm³/mol. The van der Waals surface area contributed by atoms with E-state index in [0.29, 0.717) is 25.0 Å². The second-order valence-corrected chi connectivity index (χ2v) is 7.08. The van der Waals surface area contributed by atoms with E-state index in [2.05, 4.69) is 15.6 Å². The largest absolute Gasteiger partial charge is 0.484 e. The molecule has 172 valence electrons. The van der Waals surface area contributed by atoms with E-state index in [0.717, 1.165) is 43.9 Å². The molecule has 0 amide bonds. The zero-order chi connectivity index (χ0) is 21.2. The van der Waals surface area contributed by atoms with E-state index in [9.17, 15) is 13.2 Å². The van der Waals surface area contributed by atoms with Gasteiger partial charge in [0.1, 0.15) is 11.5 Å². The van der Waals surface area contributed by atoms with Crippen LogP contribution < -0.4 is 15.4 Å². The van der Waals surface area contributed by atoms with Crippen molar-refractivity contribution in [1.82, 2.24) is 10.6 Å². The van der Waals surface area contributed by atoms with Crippen molar-refractivity contribution < 1.29 is 27.1 Å². The maximum atomic E-state index is 12.2. The minimum atomic E-state index is -4.35. The fraction of sp³-hybridized carbons (Fsp3) is 0.476. The molecule has 1 saturated heterocycles. The Labute approximate surface area is 196 Å². The Balaban J connectivity index is 0.00000341. The first-order valence-corrected chi connectivity index (χ1v) is 9.89. The number of furan rings is 1. The highest BCUT2D eigenvalue weighted by molar-refractivity contribution is 14.0. The molecule has 1 fully saturated rings. The molecular weight excluding hydrogens is 526 g/mol. The van der Waals surface area contributed by atoms with Gasteiger partial charge in [0.15, 0.2) is 12.6 Å². The van der Waals surface area contributed by atoms with Crippen molar-refractivity contribution in [2.45, 2.75) is 25.6 Å². The number of nitrogens with one attached hydrogen (secondary N) is 2. The Bertz CT molecular complexity index is 777. The Morgan fingerprint density at radius 2 is 1.97 bits per heavy atom. The summed E-state index contributed by atoms with van der Waals surface area (Å²) < 4.78 is 52.2. The van der Waals surface area contributed by atoms with E-state index >= 15 is 0 Å². The Morgan fingerprint density at radius 1 is 1.16 bits per heavy atom. The Morgan fingerprint density at radius 3 is 2.61 bits per heavy atom. The lowest BCUT2D eigenvalue weighted by molar-refractivity contribution is -0.153. The maximum Gasteiger partial charge on any atom is 0.422 e. The molecule has 1 aromatic carbocycles. The summed E-state index contributed by atoms with van der Waals surface area (Å²) in [5, 5.41) is 6.63. The van der Waals surface area contributed by atoms with Gasteiger partial charge in [-0.25, -0.2) is 4.99 Å². The highest BCUT2D eigenvalue weighted by Crippen LogP contribution is 2.19. The van der Waals surface area contributed by atoms with Crippen LogP contribution in [0, 0.1) is 5.92 Å². The number of hydrogen-bond acceptors (Lipinski definition) is 4. The number of aliphatic imine (C=N–C) groups is 1. The van der Waals surface area contributed by atoms with Gasteiger partial charge >= 0.3 is 6.18 Å². The molecule has 1 aromatic heterocycles. The average Bonchev–Trinajstić information content (AvgIpc) is 3.42. The molecule has 2 N–H and O–H groups in total. The van der Waals surface area contributed by atoms with Crippen molar-refractivity contribution in [3.8, 4) is 5.75 Å². The maximum absolute atomic E-state index is 12.2. The topological polar surface area (TPSA) is 68.0 Å². The summed E-state index contributed by atoms with van der Waals surface area (Å²) in [6.07, 6.45) is -0.961. The highest BCUT2D eigenvalue weighted by atomic mass is 127. The molecule has 0 aliphatic carbocycles. The van der Waals surface area contributed by atoms with Crippen LogP contribution in [0.15, 0.2) is 52.1 Å². The second-order valence-electron chi connectivity index (χ2n) is 7.08. The van der Waals surface area contributed by atoms with Gasteiger partial charge in [-0.2, -0.15) is 13.2 Å². The highest BCUT2D eigenvalue weighted by Gasteiger charge is 2.28. The number of ether oxygens (including phenoxy) is 2. The van der Waals surface area contributed by atoms with E-state index in [-0.39, 0.29) is 29.7 Å². The smallest absolute Gasteiger partial charge is 0.422 e. The molecule has 0 radical (unpaired) electrons. The summed E-state index contributed by atoms with van der Waals surface area (Å²) >= 11 is 0. The average molecular weight is 553 g/mol. The van der Waals surface area contributed by atoms with E-state index in [1.807, 2.05) is 12.1 Å². The molecule has 0 bridgehead atoms. The molecule has 1 aliphatic heterocycles. The molecule has 10 heteroatoms. The molecule has 1 atom stereocenters. The Kier molecular flexibility index (Phi) is 10.4. The fourth-order valence-corrected chi connectivity index (χ4v) is 2.95. The third kappa shape index (κ3) is 9.81. The van der Waals surface area contributed by atoms with Crippen LogP contribution >= 0.6 is 24.0 Å². The quantitative estimate of drug-likeness (QED) is 0.278. The van der Waals surface area contributed by atoms with Crippen LogP contribution in [0.3, 0.4) is 0 Å². The van der Waals surface area contributed by atoms with Gasteiger partial charge in [0.25, 0.3) is 0 Å². The minimum absolute atomic E-state index is 0. The molecule has 31 heavy (non-hydrogen) atoms. The molecule has 0 spiro atoms. The van der Waals surface area contributed by atoms with Crippen LogP contribution in [0.1, 0.15) is 17.7 Å². The van der Waals surface area contributed by atoms with Crippen LogP contribution in [0.4, 0.5) is 13.2 Å². The molecule has 3 rings (SSSR count). The SMILES string of the molecule is FC(F)(F)COc1ccc(CN=C(NCCc2ccco2)NCC2CCOC2)cc1.I. The molecule has 1 aliphatic rings. The van der Waals surface area contributed by atoms with E-state index < -0.39 is 12.8 Å². The summed E-state index contributed by atoms with van der Waals surface area (Å²) in [6.45, 7) is 2.03. The standard InChI is InChI=1S/C21H26F3N3O3.HI/c22-21(23,24)15-30-19-5-3-16(4-6-19)12-26-20(27-13-17-8-11-28-14-17)25-9-7-18-2-1-10-29-18;/h1-6,10,17H,7-9,11-15H2,(H2,25,26,27);1H. The summed E-state index contributed by atoms with van der Waals surface area (Å²) in [4.78, 5) is 4.59.